The molecule has 1 saturated heterocycles. The molecule has 0 radical (unpaired) electrons. The number of aromatic nitrogens is 1. The monoisotopic (exact) mass is 601 g/mol. The molecule has 0 unspecified atom stereocenters. The second-order valence-corrected chi connectivity index (χ2v) is 11.8. The van der Waals surface area contributed by atoms with Crippen LogP contribution in [0.25, 0.3) is 10.2 Å². The number of benzene rings is 3. The Morgan fingerprint density at radius 2 is 1.77 bits per heavy atom. The van der Waals surface area contributed by atoms with Crippen LogP contribution in [-0.2, 0) is 10.0 Å². The zero-order valence-corrected chi connectivity index (χ0v) is 24.5. The van der Waals surface area contributed by atoms with E-state index in [1.807, 2.05) is 25.1 Å². The van der Waals surface area contributed by atoms with Gasteiger partial charge in [0.25, 0.3) is 15.9 Å². The Morgan fingerprint density at radius 3 is 2.52 bits per heavy atom. The minimum absolute atomic E-state index is 0. The van der Waals surface area contributed by atoms with Gasteiger partial charge in [-0.15, -0.1) is 12.4 Å². The molecule has 0 saturated carbocycles. The third kappa shape index (κ3) is 7.22. The number of nitrogens with one attached hydrogen (secondary N) is 2. The first-order valence-electron chi connectivity index (χ1n) is 12.9. The number of hydrogen-bond acceptors (Lipinski definition) is 8. The first-order valence-corrected chi connectivity index (χ1v) is 15.2. The smallest absolute Gasteiger partial charge is 0.261 e. The summed E-state index contributed by atoms with van der Waals surface area (Å²) in [6.45, 7) is 7.36. The summed E-state index contributed by atoms with van der Waals surface area (Å²) in [5.41, 5.74) is 1.73. The van der Waals surface area contributed by atoms with Crippen molar-refractivity contribution in [3.05, 3.63) is 78.4 Å². The molecule has 1 aliphatic heterocycles. The third-order valence-corrected chi connectivity index (χ3v) is 8.92. The highest BCUT2D eigenvalue weighted by Crippen LogP contribution is 2.32. The molecule has 9 nitrogen and oxygen atoms in total. The fourth-order valence-corrected chi connectivity index (χ4v) is 6.53. The van der Waals surface area contributed by atoms with Crippen LogP contribution in [0.1, 0.15) is 17.3 Å². The lowest BCUT2D eigenvalue weighted by molar-refractivity contribution is 0.0948. The molecule has 0 bridgehead atoms. The van der Waals surface area contributed by atoms with Gasteiger partial charge in [-0.05, 0) is 55.5 Å². The molecule has 12 heteroatoms. The average molecular weight is 602 g/mol. The first-order chi connectivity index (χ1) is 18.9. The van der Waals surface area contributed by atoms with E-state index in [1.54, 1.807) is 53.8 Å². The number of sulfonamides is 1. The Morgan fingerprint density at radius 1 is 1.00 bits per heavy atom. The Hall–Kier alpha value is -3.38. The largest absolute Gasteiger partial charge is 0.494 e. The van der Waals surface area contributed by atoms with Crippen LogP contribution in [0.4, 0.5) is 10.8 Å². The lowest BCUT2D eigenvalue weighted by Crippen LogP contribution is -2.48. The SMILES string of the molecule is CCOc1ccc2nc(N3CCN(CCNC(=O)c4cccc(NS(=O)(=O)c5ccccc5)c4)CC3)sc2c1.Cl. The van der Waals surface area contributed by atoms with Gasteiger partial charge in [-0.2, -0.15) is 0 Å². The van der Waals surface area contributed by atoms with E-state index < -0.39 is 10.0 Å². The molecule has 0 aliphatic carbocycles. The van der Waals surface area contributed by atoms with Crippen LogP contribution < -0.4 is 19.7 Å². The van der Waals surface area contributed by atoms with Crippen molar-refractivity contribution in [3.63, 3.8) is 0 Å². The lowest BCUT2D eigenvalue weighted by atomic mass is 10.2. The van der Waals surface area contributed by atoms with Crippen LogP contribution in [0, 0.1) is 0 Å². The Labute approximate surface area is 244 Å². The summed E-state index contributed by atoms with van der Waals surface area (Å²) >= 11 is 1.68. The van der Waals surface area contributed by atoms with Gasteiger partial charge in [-0.1, -0.05) is 35.6 Å². The van der Waals surface area contributed by atoms with Gasteiger partial charge in [0.2, 0.25) is 0 Å². The van der Waals surface area contributed by atoms with Crippen molar-refractivity contribution in [2.24, 2.45) is 0 Å². The number of hydrogen-bond donors (Lipinski definition) is 2. The fourth-order valence-electron chi connectivity index (χ4n) is 4.41. The van der Waals surface area contributed by atoms with Crippen LogP contribution in [0.15, 0.2) is 77.7 Å². The quantitative estimate of drug-likeness (QED) is 0.276. The molecule has 3 aromatic carbocycles. The van der Waals surface area contributed by atoms with Crippen LogP contribution in [-0.4, -0.2) is 70.1 Å². The molecule has 5 rings (SSSR count). The number of piperazine rings is 1. The van der Waals surface area contributed by atoms with Crippen LogP contribution in [0.3, 0.4) is 0 Å². The van der Waals surface area contributed by atoms with Gasteiger partial charge in [-0.25, -0.2) is 13.4 Å². The zero-order valence-electron chi connectivity index (χ0n) is 22.1. The average Bonchev–Trinajstić information content (AvgIpc) is 3.37. The predicted molar refractivity (Wildman–Crippen MR) is 163 cm³/mol. The van der Waals surface area contributed by atoms with E-state index in [9.17, 15) is 13.2 Å². The molecule has 40 heavy (non-hydrogen) atoms. The molecular formula is C28H32ClN5O4S2. The van der Waals surface area contributed by atoms with Crippen molar-refractivity contribution in [1.29, 1.82) is 0 Å². The molecule has 1 amide bonds. The van der Waals surface area contributed by atoms with Crippen molar-refractivity contribution in [1.82, 2.24) is 15.2 Å². The van der Waals surface area contributed by atoms with E-state index >= 15 is 0 Å². The minimum Gasteiger partial charge on any atom is -0.494 e. The maximum absolute atomic E-state index is 12.7. The highest BCUT2D eigenvalue weighted by Gasteiger charge is 2.20. The molecule has 4 aromatic rings. The van der Waals surface area contributed by atoms with E-state index in [2.05, 4.69) is 19.8 Å². The molecule has 1 fully saturated rings. The van der Waals surface area contributed by atoms with Gasteiger partial charge in [0.05, 0.1) is 21.7 Å². The lowest BCUT2D eigenvalue weighted by Gasteiger charge is -2.34. The number of rotatable bonds is 10. The predicted octanol–water partition coefficient (Wildman–Crippen LogP) is 4.47. The van der Waals surface area contributed by atoms with E-state index in [0.717, 1.165) is 53.8 Å². The number of anilines is 2. The number of ether oxygens (including phenoxy) is 1. The maximum atomic E-state index is 12.7. The summed E-state index contributed by atoms with van der Waals surface area (Å²) in [7, 11) is -3.73. The normalized spacial score (nSPS) is 14.0. The van der Waals surface area contributed by atoms with Crippen molar-refractivity contribution >= 4 is 60.7 Å². The Bertz CT molecular complexity index is 1540. The molecular weight excluding hydrogens is 570 g/mol. The van der Waals surface area contributed by atoms with Gasteiger partial charge in [-0.3, -0.25) is 14.4 Å². The van der Waals surface area contributed by atoms with Gasteiger partial charge in [0.15, 0.2) is 5.13 Å². The van der Waals surface area contributed by atoms with E-state index in [0.29, 0.717) is 24.4 Å². The zero-order chi connectivity index (χ0) is 27.2. The highest BCUT2D eigenvalue weighted by molar-refractivity contribution is 7.92. The number of nitrogens with zero attached hydrogens (tertiary/aromatic N) is 3. The van der Waals surface area contributed by atoms with Crippen molar-refractivity contribution in [2.75, 3.05) is 55.5 Å². The second-order valence-electron chi connectivity index (χ2n) is 9.14. The summed E-state index contributed by atoms with van der Waals surface area (Å²) in [6, 6.07) is 20.7. The molecule has 0 atom stereocenters. The maximum Gasteiger partial charge on any atom is 0.261 e. The molecule has 2 heterocycles. The van der Waals surface area contributed by atoms with Gasteiger partial charge in [0, 0.05) is 50.5 Å². The second kappa shape index (κ2) is 13.3. The summed E-state index contributed by atoms with van der Waals surface area (Å²) in [6.07, 6.45) is 0. The number of carbonyl (C=O) groups excluding carboxylic acids is 1. The molecule has 2 N–H and O–H groups in total. The van der Waals surface area contributed by atoms with Gasteiger partial charge >= 0.3 is 0 Å². The van der Waals surface area contributed by atoms with Crippen molar-refractivity contribution in [2.45, 2.75) is 11.8 Å². The van der Waals surface area contributed by atoms with E-state index in [-0.39, 0.29) is 23.2 Å². The first kappa shape index (κ1) is 29.6. The number of carbonyl (C=O) groups is 1. The summed E-state index contributed by atoms with van der Waals surface area (Å²) in [5, 5.41) is 3.97. The van der Waals surface area contributed by atoms with Gasteiger partial charge < -0.3 is 15.0 Å². The summed E-state index contributed by atoms with van der Waals surface area (Å²) in [4.78, 5) is 22.3. The van der Waals surface area contributed by atoms with Gasteiger partial charge in [0.1, 0.15) is 5.75 Å². The topological polar surface area (TPSA) is 104 Å². The number of halogens is 1. The number of thiazole rings is 1. The fraction of sp³-hybridized carbons (Fsp3) is 0.286. The van der Waals surface area contributed by atoms with Crippen LogP contribution >= 0.6 is 23.7 Å². The number of amides is 1. The summed E-state index contributed by atoms with van der Waals surface area (Å²) < 4.78 is 34.5. The van der Waals surface area contributed by atoms with E-state index in [1.165, 1.54) is 12.1 Å². The standard InChI is InChI=1S/C28H31N5O4S2.ClH/c1-2-37-23-11-12-25-26(20-23)38-28(30-25)33-17-15-32(16-18-33)14-13-29-27(34)21-7-6-8-22(19-21)31-39(35,36)24-9-4-3-5-10-24;/h3-12,19-20,31H,2,13-18H2,1H3,(H,29,34);1H. The third-order valence-electron chi connectivity index (χ3n) is 6.45. The molecule has 0 spiro atoms. The highest BCUT2D eigenvalue weighted by atomic mass is 35.5. The Balaban J connectivity index is 0.00000370. The minimum atomic E-state index is -3.73. The molecule has 1 aromatic heterocycles. The van der Waals surface area contributed by atoms with Crippen LogP contribution in [0.2, 0.25) is 0 Å². The molecule has 1 aliphatic rings. The van der Waals surface area contributed by atoms with E-state index in [4.69, 9.17) is 9.72 Å². The number of fused-ring (bicyclic) bond motifs is 1. The summed E-state index contributed by atoms with van der Waals surface area (Å²) in [5.74, 6) is 0.627. The van der Waals surface area contributed by atoms with Crippen molar-refractivity contribution in [3.8, 4) is 5.75 Å². The van der Waals surface area contributed by atoms with Crippen LogP contribution in [0.5, 0.6) is 5.75 Å². The molecule has 212 valence electrons. The van der Waals surface area contributed by atoms with Crippen molar-refractivity contribution < 1.29 is 17.9 Å². The Kier molecular flexibility index (Phi) is 9.85.